The average molecular weight is 296 g/mol. The number of nitrogens with two attached hydrogens (primary N) is 1. The van der Waals surface area contributed by atoms with Crippen LogP contribution < -0.4 is 10.5 Å². The first kappa shape index (κ1) is 13.0. The lowest BCUT2D eigenvalue weighted by Gasteiger charge is -2.08. The van der Waals surface area contributed by atoms with Crippen molar-refractivity contribution in [2.45, 2.75) is 21.4 Å². The van der Waals surface area contributed by atoms with E-state index in [9.17, 15) is 16.8 Å². The van der Waals surface area contributed by atoms with Crippen LogP contribution in [0.15, 0.2) is 14.5 Å². The van der Waals surface area contributed by atoms with Crippen LogP contribution in [0, 0.1) is 0 Å². The minimum atomic E-state index is -3.86. The van der Waals surface area contributed by atoms with Crippen LogP contribution in [0.2, 0.25) is 0 Å². The molecule has 1 aliphatic rings. The summed E-state index contributed by atoms with van der Waals surface area (Å²) in [5.41, 5.74) is 0.483. The zero-order chi connectivity index (χ0) is 12.8. The molecule has 1 atom stereocenters. The quantitative estimate of drug-likeness (QED) is 0.748. The Kier molecular flexibility index (Phi) is 3.07. The molecule has 0 aromatic carbocycles. The fraction of sp³-hybridized carbons (Fsp3) is 0.500. The molecule has 0 saturated heterocycles. The Balaban J connectivity index is 2.70. The lowest BCUT2D eigenvalue weighted by molar-refractivity contribution is 0.589. The van der Waals surface area contributed by atoms with Crippen molar-refractivity contribution >= 4 is 31.2 Å². The van der Waals surface area contributed by atoms with Gasteiger partial charge in [-0.1, -0.05) is 0 Å². The van der Waals surface area contributed by atoms with Crippen molar-refractivity contribution in [2.24, 2.45) is 5.14 Å². The second kappa shape index (κ2) is 4.02. The van der Waals surface area contributed by atoms with Crippen LogP contribution in [0.4, 0.5) is 0 Å². The largest absolute Gasteiger partial charge is 0.309 e. The topological polar surface area (TPSA) is 106 Å². The molecule has 3 N–H and O–H groups in total. The molecule has 0 fully saturated rings. The van der Waals surface area contributed by atoms with Gasteiger partial charge >= 0.3 is 0 Å². The van der Waals surface area contributed by atoms with Gasteiger partial charge in [-0.2, -0.15) is 0 Å². The van der Waals surface area contributed by atoms with Crippen molar-refractivity contribution in [3.8, 4) is 0 Å². The van der Waals surface area contributed by atoms with Crippen LogP contribution in [0.5, 0.6) is 0 Å². The van der Waals surface area contributed by atoms with Crippen LogP contribution in [0.25, 0.3) is 0 Å². The third kappa shape index (κ3) is 2.38. The molecule has 0 saturated carbocycles. The van der Waals surface area contributed by atoms with Crippen molar-refractivity contribution in [1.29, 1.82) is 0 Å². The highest BCUT2D eigenvalue weighted by Gasteiger charge is 2.30. The Bertz CT molecular complexity index is 644. The summed E-state index contributed by atoms with van der Waals surface area (Å²) in [6.07, 6.45) is 0. The molecule has 0 aliphatic carbocycles. The van der Waals surface area contributed by atoms with Gasteiger partial charge in [-0.25, -0.2) is 22.0 Å². The van der Waals surface area contributed by atoms with Gasteiger partial charge in [0.15, 0.2) is 9.84 Å². The van der Waals surface area contributed by atoms with Gasteiger partial charge in [0, 0.05) is 12.6 Å². The van der Waals surface area contributed by atoms with Gasteiger partial charge in [0.2, 0.25) is 10.0 Å². The second-order valence-electron chi connectivity index (χ2n) is 3.85. The highest BCUT2D eigenvalue weighted by molar-refractivity contribution is 7.95. The summed E-state index contributed by atoms with van der Waals surface area (Å²) in [4.78, 5) is 0. The number of rotatable bonds is 1. The predicted molar refractivity (Wildman–Crippen MR) is 64.2 cm³/mol. The van der Waals surface area contributed by atoms with E-state index in [1.165, 1.54) is 6.07 Å². The number of hydrogen-bond acceptors (Lipinski definition) is 6. The molecule has 6 nitrogen and oxygen atoms in total. The summed E-state index contributed by atoms with van der Waals surface area (Å²) in [6.45, 7) is 2.15. The lowest BCUT2D eigenvalue weighted by Crippen LogP contribution is -2.21. The molecule has 2 heterocycles. The van der Waals surface area contributed by atoms with E-state index in [0.717, 1.165) is 11.3 Å². The predicted octanol–water partition coefficient (Wildman–Crippen LogP) is -0.167. The maximum absolute atomic E-state index is 11.9. The van der Waals surface area contributed by atoms with Gasteiger partial charge in [0.1, 0.15) is 8.42 Å². The number of hydrogen-bond donors (Lipinski definition) is 2. The van der Waals surface area contributed by atoms with E-state index in [0.29, 0.717) is 12.1 Å². The number of nitrogens with one attached hydrogen (secondary N) is 1. The van der Waals surface area contributed by atoms with Crippen molar-refractivity contribution < 1.29 is 16.8 Å². The van der Waals surface area contributed by atoms with Gasteiger partial charge in [0.25, 0.3) is 0 Å². The van der Waals surface area contributed by atoms with Gasteiger partial charge < -0.3 is 5.32 Å². The molecule has 2 rings (SSSR count). The number of sulfonamides is 1. The van der Waals surface area contributed by atoms with E-state index >= 15 is 0 Å². The fourth-order valence-corrected chi connectivity index (χ4v) is 5.74. The molecular formula is C8H12N2O4S3. The first-order chi connectivity index (χ1) is 7.72. The maximum Gasteiger partial charge on any atom is 0.247 e. The molecular weight excluding hydrogens is 284 g/mol. The molecule has 0 spiro atoms. The zero-order valence-corrected chi connectivity index (χ0v) is 11.5. The third-order valence-electron chi connectivity index (χ3n) is 2.55. The molecule has 0 amide bonds. The van der Waals surface area contributed by atoms with Gasteiger partial charge in [-0.3, -0.25) is 0 Å². The summed E-state index contributed by atoms with van der Waals surface area (Å²) >= 11 is 0.725. The number of sulfone groups is 1. The Labute approximate surface area is 104 Å². The Morgan fingerprint density at radius 2 is 2.18 bits per heavy atom. The highest BCUT2D eigenvalue weighted by atomic mass is 32.3. The van der Waals surface area contributed by atoms with E-state index in [1.807, 2.05) is 0 Å². The molecule has 1 aromatic heterocycles. The molecule has 9 heteroatoms. The minimum Gasteiger partial charge on any atom is -0.309 e. The van der Waals surface area contributed by atoms with Gasteiger partial charge in [-0.15, -0.1) is 11.3 Å². The van der Waals surface area contributed by atoms with Gasteiger partial charge in [0.05, 0.1) is 5.75 Å². The van der Waals surface area contributed by atoms with Crippen molar-refractivity contribution in [3.05, 3.63) is 11.6 Å². The summed E-state index contributed by atoms with van der Waals surface area (Å²) < 4.78 is 46.3. The summed E-state index contributed by atoms with van der Waals surface area (Å²) in [6, 6.07) is 1.14. The van der Waals surface area contributed by atoms with Crippen LogP contribution in [-0.2, 0) is 19.9 Å². The lowest BCUT2D eigenvalue weighted by atomic mass is 10.2. The van der Waals surface area contributed by atoms with E-state index in [-0.39, 0.29) is 20.2 Å². The van der Waals surface area contributed by atoms with Crippen LogP contribution in [0.3, 0.4) is 0 Å². The number of thiophene rings is 1. The number of fused-ring (bicyclic) bond motifs is 1. The van der Waals surface area contributed by atoms with Crippen molar-refractivity contribution in [1.82, 2.24) is 5.32 Å². The smallest absolute Gasteiger partial charge is 0.247 e. The average Bonchev–Trinajstić information content (AvgIpc) is 2.57. The number of primary sulfonamides is 1. The van der Waals surface area contributed by atoms with Crippen LogP contribution in [0.1, 0.15) is 18.5 Å². The molecule has 96 valence electrons. The van der Waals surface area contributed by atoms with Crippen molar-refractivity contribution in [3.63, 3.8) is 0 Å². The Morgan fingerprint density at radius 3 is 2.76 bits per heavy atom. The van der Waals surface area contributed by atoms with E-state index < -0.39 is 19.9 Å². The first-order valence-electron chi connectivity index (χ1n) is 4.84. The monoisotopic (exact) mass is 296 g/mol. The minimum absolute atomic E-state index is 0.0328. The normalized spacial score (nSPS) is 24.0. The molecule has 0 radical (unpaired) electrons. The standard InChI is InChI=1S/C8H12N2O4S3/c1-5-6-4-7(17(9,13)14)15-8(6)16(11,12)3-2-10-5/h4-5,10H,2-3H2,1H3,(H2,9,13,14). The van der Waals surface area contributed by atoms with Gasteiger partial charge in [-0.05, 0) is 18.6 Å². The zero-order valence-electron chi connectivity index (χ0n) is 9.00. The highest BCUT2D eigenvalue weighted by Crippen LogP contribution is 2.35. The molecule has 1 unspecified atom stereocenters. The van der Waals surface area contributed by atoms with Crippen LogP contribution >= 0.6 is 11.3 Å². The molecule has 1 aromatic rings. The van der Waals surface area contributed by atoms with E-state index in [2.05, 4.69) is 5.32 Å². The summed E-state index contributed by atoms with van der Waals surface area (Å²) in [5, 5.41) is 8.02. The second-order valence-corrected chi connectivity index (χ2v) is 8.99. The summed E-state index contributed by atoms with van der Waals surface area (Å²) in [7, 11) is -7.27. The molecule has 1 aliphatic heterocycles. The fourth-order valence-electron chi connectivity index (χ4n) is 1.66. The molecule has 0 bridgehead atoms. The third-order valence-corrected chi connectivity index (χ3v) is 7.47. The van der Waals surface area contributed by atoms with Crippen LogP contribution in [-0.4, -0.2) is 29.1 Å². The Hall–Kier alpha value is -0.480. The van der Waals surface area contributed by atoms with Crippen molar-refractivity contribution in [2.75, 3.05) is 12.3 Å². The maximum atomic E-state index is 11.9. The summed E-state index contributed by atoms with van der Waals surface area (Å²) in [5.74, 6) is -0.0328. The van der Waals surface area contributed by atoms with E-state index in [4.69, 9.17) is 5.14 Å². The first-order valence-corrected chi connectivity index (χ1v) is 8.86. The SMILES string of the molecule is CC1NCCS(=O)(=O)c2sc(S(N)(=O)=O)cc21. The Morgan fingerprint density at radius 1 is 1.53 bits per heavy atom. The van der Waals surface area contributed by atoms with E-state index in [1.54, 1.807) is 6.92 Å². The molecule has 17 heavy (non-hydrogen) atoms.